The monoisotopic (exact) mass is 427 g/mol. The summed E-state index contributed by atoms with van der Waals surface area (Å²) < 4.78 is 36.7. The second-order valence-electron chi connectivity index (χ2n) is 5.70. The van der Waals surface area contributed by atoms with Crippen molar-refractivity contribution in [2.75, 3.05) is 0 Å². The number of thiocarbonyl (C=S) groups is 1. The number of primary sulfonamides is 1. The van der Waals surface area contributed by atoms with Crippen molar-refractivity contribution in [1.82, 2.24) is 0 Å². The van der Waals surface area contributed by atoms with Crippen LogP contribution >= 0.6 is 35.4 Å². The Morgan fingerprint density at radius 3 is 2.38 bits per heavy atom. The molecule has 0 saturated heterocycles. The van der Waals surface area contributed by atoms with Gasteiger partial charge in [0, 0.05) is 10.8 Å². The molecule has 8 heteroatoms. The van der Waals surface area contributed by atoms with Gasteiger partial charge in [-0.1, -0.05) is 59.7 Å². The Hall–Kier alpha value is -1.57. The van der Waals surface area contributed by atoms with Crippen molar-refractivity contribution in [3.05, 3.63) is 81.6 Å². The number of hydrogen-bond acceptors (Lipinski definition) is 3. The fraction of sp³-hybridized carbons (Fsp3) is 0.0556. The quantitative estimate of drug-likeness (QED) is 0.709. The molecule has 0 fully saturated rings. The Kier molecular flexibility index (Phi) is 5.33. The van der Waals surface area contributed by atoms with Crippen LogP contribution in [0.15, 0.2) is 59.5 Å². The largest absolute Gasteiger partial charge is 0.240 e. The standard InChI is InChI=1S/C18H12Cl2FNO2S2/c19-14-5-2-12(7-15(14)20)13-4-1-11(9-17(13)25)10-3-6-18(16(21)8-10)26(22,23)24/h1-9,13H,(H2,22,23,24). The van der Waals surface area contributed by atoms with Gasteiger partial charge < -0.3 is 0 Å². The lowest BCUT2D eigenvalue weighted by molar-refractivity contribution is 0.568. The predicted octanol–water partition coefficient (Wildman–Crippen LogP) is 4.89. The SMILES string of the molecule is NS(=O)(=O)c1ccc(C2=CC(=S)C(c3ccc(Cl)c(Cl)c3)C=C2)cc1F. The molecule has 1 unspecified atom stereocenters. The van der Waals surface area contributed by atoms with Gasteiger partial charge in [-0.15, -0.1) is 0 Å². The van der Waals surface area contributed by atoms with E-state index in [4.69, 9.17) is 40.6 Å². The van der Waals surface area contributed by atoms with Crippen LogP contribution in [0.1, 0.15) is 17.0 Å². The van der Waals surface area contributed by atoms with Gasteiger partial charge in [-0.3, -0.25) is 0 Å². The van der Waals surface area contributed by atoms with E-state index >= 15 is 0 Å². The third kappa shape index (κ3) is 3.89. The third-order valence-corrected chi connectivity index (χ3v) is 6.00. The van der Waals surface area contributed by atoms with E-state index in [2.05, 4.69) is 0 Å². The smallest absolute Gasteiger partial charge is 0.225 e. The van der Waals surface area contributed by atoms with Crippen molar-refractivity contribution in [2.24, 2.45) is 5.14 Å². The molecule has 0 radical (unpaired) electrons. The van der Waals surface area contributed by atoms with Gasteiger partial charge in [0.25, 0.3) is 0 Å². The molecule has 3 rings (SSSR count). The Labute approximate surface area is 166 Å². The summed E-state index contributed by atoms with van der Waals surface area (Å²) in [5.41, 5.74) is 2.07. The topological polar surface area (TPSA) is 60.2 Å². The van der Waals surface area contributed by atoms with Gasteiger partial charge in [0.15, 0.2) is 0 Å². The average molecular weight is 428 g/mol. The molecule has 2 aromatic carbocycles. The highest BCUT2D eigenvalue weighted by molar-refractivity contribution is 7.89. The second kappa shape index (κ2) is 7.21. The summed E-state index contributed by atoms with van der Waals surface area (Å²) in [6.45, 7) is 0. The molecule has 0 aromatic heterocycles. The molecule has 1 aliphatic carbocycles. The van der Waals surface area contributed by atoms with E-state index in [0.717, 1.165) is 17.7 Å². The lowest BCUT2D eigenvalue weighted by atomic mass is 9.88. The summed E-state index contributed by atoms with van der Waals surface area (Å²) in [5.74, 6) is -1.06. The first kappa shape index (κ1) is 19.2. The van der Waals surface area contributed by atoms with Gasteiger partial charge in [-0.2, -0.15) is 0 Å². The zero-order valence-corrected chi connectivity index (χ0v) is 16.3. The molecule has 0 heterocycles. The van der Waals surface area contributed by atoms with Crippen LogP contribution in [0.5, 0.6) is 0 Å². The third-order valence-electron chi connectivity index (χ3n) is 3.95. The fourth-order valence-electron chi connectivity index (χ4n) is 2.66. The van der Waals surface area contributed by atoms with Crippen molar-refractivity contribution >= 4 is 55.9 Å². The first-order valence-corrected chi connectivity index (χ1v) is 10.1. The number of sulfonamides is 1. The van der Waals surface area contributed by atoms with E-state index in [9.17, 15) is 12.8 Å². The minimum absolute atomic E-state index is 0.156. The summed E-state index contributed by atoms with van der Waals surface area (Å²) in [7, 11) is -4.11. The number of nitrogens with two attached hydrogens (primary N) is 1. The molecule has 0 bridgehead atoms. The van der Waals surface area contributed by atoms with Crippen molar-refractivity contribution < 1.29 is 12.8 Å². The number of allylic oxidation sites excluding steroid dienone is 4. The van der Waals surface area contributed by atoms with Gasteiger partial charge in [-0.05, 0) is 47.0 Å². The molecule has 3 nitrogen and oxygen atoms in total. The van der Waals surface area contributed by atoms with Crippen LogP contribution in [0.4, 0.5) is 4.39 Å². The van der Waals surface area contributed by atoms with Crippen molar-refractivity contribution in [3.8, 4) is 0 Å². The van der Waals surface area contributed by atoms with Gasteiger partial charge in [0.2, 0.25) is 10.0 Å². The normalized spacial score (nSPS) is 17.3. The summed E-state index contributed by atoms with van der Waals surface area (Å²) >= 11 is 17.5. The van der Waals surface area contributed by atoms with Gasteiger partial charge in [0.05, 0.1) is 10.0 Å². The van der Waals surface area contributed by atoms with Crippen molar-refractivity contribution in [1.29, 1.82) is 0 Å². The molecular formula is C18H12Cl2FNO2S2. The van der Waals surface area contributed by atoms with E-state index in [-0.39, 0.29) is 5.92 Å². The van der Waals surface area contributed by atoms with E-state index in [0.29, 0.717) is 26.0 Å². The highest BCUT2D eigenvalue weighted by atomic mass is 35.5. The van der Waals surface area contributed by atoms with Crippen LogP contribution in [0.25, 0.3) is 5.57 Å². The molecule has 2 aromatic rings. The number of benzene rings is 2. The minimum Gasteiger partial charge on any atom is -0.225 e. The maximum atomic E-state index is 14.1. The number of halogens is 3. The Morgan fingerprint density at radius 1 is 1.08 bits per heavy atom. The summed E-state index contributed by atoms with van der Waals surface area (Å²) in [5, 5.41) is 5.88. The van der Waals surface area contributed by atoms with Crippen LogP contribution in [0.2, 0.25) is 10.0 Å². The Bertz CT molecular complexity index is 1080. The van der Waals surface area contributed by atoms with Crippen LogP contribution in [-0.4, -0.2) is 13.3 Å². The molecule has 0 amide bonds. The highest BCUT2D eigenvalue weighted by Gasteiger charge is 2.20. The van der Waals surface area contributed by atoms with E-state index in [1.54, 1.807) is 24.3 Å². The van der Waals surface area contributed by atoms with Crippen LogP contribution in [0, 0.1) is 5.82 Å². The number of rotatable bonds is 3. The zero-order chi connectivity index (χ0) is 19.1. The van der Waals surface area contributed by atoms with Gasteiger partial charge >= 0.3 is 0 Å². The molecule has 0 saturated carbocycles. The molecular weight excluding hydrogens is 416 g/mol. The predicted molar refractivity (Wildman–Crippen MR) is 107 cm³/mol. The summed E-state index contributed by atoms with van der Waals surface area (Å²) in [6.07, 6.45) is 5.42. The first-order valence-electron chi connectivity index (χ1n) is 7.38. The van der Waals surface area contributed by atoms with Crippen LogP contribution in [0.3, 0.4) is 0 Å². The molecule has 0 aliphatic heterocycles. The summed E-state index contributed by atoms with van der Waals surface area (Å²) in [4.78, 5) is 0.0784. The Morgan fingerprint density at radius 2 is 1.81 bits per heavy atom. The zero-order valence-electron chi connectivity index (χ0n) is 13.1. The molecule has 0 spiro atoms. The average Bonchev–Trinajstić information content (AvgIpc) is 2.56. The summed E-state index contributed by atoms with van der Waals surface area (Å²) in [6, 6.07) is 9.05. The maximum Gasteiger partial charge on any atom is 0.240 e. The van der Waals surface area contributed by atoms with Gasteiger partial charge in [0.1, 0.15) is 10.7 Å². The molecule has 2 N–H and O–H groups in total. The van der Waals surface area contributed by atoms with E-state index < -0.39 is 20.7 Å². The molecule has 26 heavy (non-hydrogen) atoms. The Balaban J connectivity index is 1.91. The minimum atomic E-state index is -4.11. The lowest BCUT2D eigenvalue weighted by Crippen LogP contribution is -2.14. The highest BCUT2D eigenvalue weighted by Crippen LogP contribution is 2.33. The molecule has 134 valence electrons. The van der Waals surface area contributed by atoms with E-state index in [1.165, 1.54) is 6.07 Å². The maximum absolute atomic E-state index is 14.1. The molecule has 1 atom stereocenters. The molecule has 1 aliphatic rings. The van der Waals surface area contributed by atoms with E-state index in [1.807, 2.05) is 12.1 Å². The van der Waals surface area contributed by atoms with Crippen molar-refractivity contribution in [3.63, 3.8) is 0 Å². The second-order valence-corrected chi connectivity index (χ2v) is 8.52. The first-order chi connectivity index (χ1) is 12.2. The lowest BCUT2D eigenvalue weighted by Gasteiger charge is -2.19. The van der Waals surface area contributed by atoms with Crippen molar-refractivity contribution in [2.45, 2.75) is 10.8 Å². The van der Waals surface area contributed by atoms with Crippen LogP contribution < -0.4 is 5.14 Å². The van der Waals surface area contributed by atoms with Gasteiger partial charge in [-0.25, -0.2) is 17.9 Å². The fourth-order valence-corrected chi connectivity index (χ4v) is 3.89. The van der Waals surface area contributed by atoms with Crippen LogP contribution in [-0.2, 0) is 10.0 Å². The number of hydrogen-bond donors (Lipinski definition) is 1.